The highest BCUT2D eigenvalue weighted by Gasteiger charge is 2.22. The monoisotopic (exact) mass is 596 g/mol. The largest absolute Gasteiger partial charge is 0.456 e. The first-order chi connectivity index (χ1) is 19.2. The topological polar surface area (TPSA) is 81.9 Å². The fourth-order valence-corrected chi connectivity index (χ4v) is 4.97. The number of para-hydroxylation sites is 1. The quantitative estimate of drug-likeness (QED) is 0.178. The summed E-state index contributed by atoms with van der Waals surface area (Å²) in [4.78, 5) is 31.9. The molecule has 204 valence electrons. The molecule has 0 aliphatic rings. The van der Waals surface area contributed by atoms with Crippen LogP contribution in [0.5, 0.6) is 11.5 Å². The first-order valence-electron chi connectivity index (χ1n) is 12.0. The maximum Gasteiger partial charge on any atom is 0.349 e. The summed E-state index contributed by atoms with van der Waals surface area (Å²) in [6.45, 7) is 1.59. The lowest BCUT2D eigenvalue weighted by atomic mass is 10.1. The number of urea groups is 1. The molecule has 1 aromatic heterocycles. The molecule has 4 aromatic rings. The van der Waals surface area contributed by atoms with Crippen LogP contribution in [-0.4, -0.2) is 23.1 Å². The summed E-state index contributed by atoms with van der Waals surface area (Å²) in [5.41, 5.74) is 6.96. The molecule has 0 unspecified atom stereocenters. The van der Waals surface area contributed by atoms with Gasteiger partial charge in [-0.2, -0.15) is 0 Å². The van der Waals surface area contributed by atoms with E-state index in [0.717, 1.165) is 20.4 Å². The van der Waals surface area contributed by atoms with Crippen LogP contribution >= 0.6 is 34.5 Å². The van der Waals surface area contributed by atoms with Gasteiger partial charge in [0, 0.05) is 21.9 Å². The molecule has 6 nitrogen and oxygen atoms in total. The number of primary amides is 1. The third kappa shape index (κ3) is 7.99. The number of thiophene rings is 1. The molecule has 1 atom stereocenters. The number of ether oxygens (including phenoxy) is 1. The van der Waals surface area contributed by atoms with Crippen LogP contribution in [0.2, 0.25) is 10.0 Å². The second-order valence-corrected chi connectivity index (χ2v) is 10.6. The summed E-state index contributed by atoms with van der Waals surface area (Å²) < 4.78 is 19.0. The molecule has 0 bridgehead atoms. The summed E-state index contributed by atoms with van der Waals surface area (Å²) in [5, 5.41) is 1.51. The fraction of sp³-hybridized carbons (Fsp3) is 0.133. The maximum atomic E-state index is 13.1. The van der Waals surface area contributed by atoms with Crippen molar-refractivity contribution in [3.63, 3.8) is 0 Å². The molecule has 0 aliphatic carbocycles. The third-order valence-corrected chi connectivity index (χ3v) is 7.08. The molecule has 10 heteroatoms. The molecule has 2 amide bonds. The average molecular weight is 597 g/mol. The van der Waals surface area contributed by atoms with Crippen LogP contribution < -0.4 is 10.5 Å². The Balaban J connectivity index is 1.40. The van der Waals surface area contributed by atoms with Crippen molar-refractivity contribution in [2.45, 2.75) is 25.8 Å². The Morgan fingerprint density at radius 2 is 1.77 bits per heavy atom. The molecular weight excluding hydrogens is 574 g/mol. The molecule has 0 saturated carbocycles. The molecule has 40 heavy (non-hydrogen) atoms. The van der Waals surface area contributed by atoms with Crippen LogP contribution in [0, 0.1) is 17.7 Å². The first kappa shape index (κ1) is 29.0. The summed E-state index contributed by atoms with van der Waals surface area (Å²) in [5.74, 6) is 5.62. The average Bonchev–Trinajstić information content (AvgIpc) is 3.37. The molecule has 2 N–H and O–H groups in total. The Bertz CT molecular complexity index is 1580. The molecule has 0 spiro atoms. The van der Waals surface area contributed by atoms with Gasteiger partial charge in [0.1, 0.15) is 23.4 Å². The molecule has 0 radical (unpaired) electrons. The van der Waals surface area contributed by atoms with Crippen LogP contribution in [0.3, 0.4) is 0 Å². The zero-order valence-corrected chi connectivity index (χ0v) is 23.5. The van der Waals surface area contributed by atoms with Crippen molar-refractivity contribution >= 4 is 46.5 Å². The number of rotatable bonds is 7. The predicted octanol–water partition coefficient (Wildman–Crippen LogP) is 7.40. The van der Waals surface area contributed by atoms with Gasteiger partial charge in [-0.1, -0.05) is 65.4 Å². The molecule has 0 aliphatic heterocycles. The van der Waals surface area contributed by atoms with E-state index in [1.807, 2.05) is 12.1 Å². The van der Waals surface area contributed by atoms with E-state index < -0.39 is 18.0 Å². The molecular formula is C30H23Cl2FN2O4S. The summed E-state index contributed by atoms with van der Waals surface area (Å²) in [6.07, 6.45) is 0.436. The van der Waals surface area contributed by atoms with Crippen molar-refractivity contribution in [2.75, 3.05) is 0 Å². The number of nitrogens with zero attached hydrogens (tertiary/aromatic N) is 1. The Kier molecular flexibility index (Phi) is 9.67. The third-order valence-electron chi connectivity index (χ3n) is 5.55. The van der Waals surface area contributed by atoms with Gasteiger partial charge >= 0.3 is 12.0 Å². The van der Waals surface area contributed by atoms with E-state index in [-0.39, 0.29) is 12.2 Å². The molecule has 0 fully saturated rings. The second kappa shape index (κ2) is 13.4. The zero-order chi connectivity index (χ0) is 28.6. The number of benzene rings is 3. The molecule has 3 aromatic carbocycles. The van der Waals surface area contributed by atoms with Gasteiger partial charge in [-0.05, 0) is 61.0 Å². The number of hydrogen-bond donors (Lipinski definition) is 1. The predicted molar refractivity (Wildman–Crippen MR) is 154 cm³/mol. The van der Waals surface area contributed by atoms with E-state index in [9.17, 15) is 14.0 Å². The van der Waals surface area contributed by atoms with Crippen molar-refractivity contribution in [3.8, 4) is 23.3 Å². The summed E-state index contributed by atoms with van der Waals surface area (Å²) in [6, 6.07) is 20.0. The highest BCUT2D eigenvalue weighted by molar-refractivity contribution is 7.12. The molecule has 0 saturated heterocycles. The van der Waals surface area contributed by atoms with E-state index >= 15 is 0 Å². The maximum absolute atomic E-state index is 13.1. The minimum absolute atomic E-state index is 0.205. The van der Waals surface area contributed by atoms with Gasteiger partial charge in [0.05, 0.1) is 16.3 Å². The van der Waals surface area contributed by atoms with Gasteiger partial charge in [-0.25, -0.2) is 14.0 Å². The van der Waals surface area contributed by atoms with Crippen LogP contribution in [0.25, 0.3) is 0 Å². The first-order valence-corrected chi connectivity index (χ1v) is 13.6. The number of hydrogen-bond acceptors (Lipinski definition) is 5. The highest BCUT2D eigenvalue weighted by atomic mass is 35.5. The van der Waals surface area contributed by atoms with Crippen molar-refractivity contribution in [3.05, 3.63) is 116 Å². The van der Waals surface area contributed by atoms with Crippen LogP contribution in [-0.2, 0) is 22.5 Å². The zero-order valence-electron chi connectivity index (χ0n) is 21.2. The van der Waals surface area contributed by atoms with E-state index in [1.54, 1.807) is 61.5 Å². The Morgan fingerprint density at radius 1 is 1.02 bits per heavy atom. The minimum atomic E-state index is -0.962. The molecule has 4 rings (SSSR count). The van der Waals surface area contributed by atoms with Gasteiger partial charge in [-0.15, -0.1) is 16.4 Å². The standard InChI is InChI=1S/C30H23Cl2FN2O4S/c1-19(6-12-24-13-14-25(40-24)16-20-7-10-23(33)11-8-20)35(30(34)37)39-29(36)17-21-4-2-3-5-27(21)38-28-15-9-22(31)18-26(28)32/h2-5,7-11,13-15,18-19H,16-17H2,1H3,(H2,34,37)/t19-/m1/s1. The van der Waals surface area contributed by atoms with E-state index in [2.05, 4.69) is 11.8 Å². The number of amides is 2. The Hall–Kier alpha value is -4.03. The van der Waals surface area contributed by atoms with Crippen molar-refractivity contribution in [2.24, 2.45) is 5.73 Å². The number of carbonyl (C=O) groups is 2. The van der Waals surface area contributed by atoms with Gasteiger partial charge in [0.25, 0.3) is 0 Å². The lowest BCUT2D eigenvalue weighted by Gasteiger charge is -2.22. The number of carbonyl (C=O) groups excluding carboxylic acids is 2. The van der Waals surface area contributed by atoms with Crippen molar-refractivity contribution < 1.29 is 23.6 Å². The number of halogens is 3. The van der Waals surface area contributed by atoms with Gasteiger partial charge in [0.15, 0.2) is 0 Å². The number of hydroxylamine groups is 2. The van der Waals surface area contributed by atoms with E-state index in [1.165, 1.54) is 23.5 Å². The second-order valence-electron chi connectivity index (χ2n) is 8.60. The van der Waals surface area contributed by atoms with E-state index in [0.29, 0.717) is 33.5 Å². The van der Waals surface area contributed by atoms with Crippen LogP contribution in [0.1, 0.15) is 27.8 Å². The van der Waals surface area contributed by atoms with Gasteiger partial charge in [0.2, 0.25) is 0 Å². The van der Waals surface area contributed by atoms with E-state index in [4.69, 9.17) is 38.5 Å². The smallest absolute Gasteiger partial charge is 0.349 e. The van der Waals surface area contributed by atoms with Crippen molar-refractivity contribution in [1.82, 2.24) is 5.06 Å². The Morgan fingerprint density at radius 3 is 2.50 bits per heavy atom. The SMILES string of the molecule is C[C@H](C#Cc1ccc(Cc2ccc(F)cc2)s1)N(OC(=O)Cc1ccccc1Oc1ccc(Cl)cc1Cl)C(N)=O. The van der Waals surface area contributed by atoms with Crippen LogP contribution in [0.15, 0.2) is 78.9 Å². The van der Waals surface area contributed by atoms with Crippen molar-refractivity contribution in [1.29, 1.82) is 0 Å². The summed E-state index contributed by atoms with van der Waals surface area (Å²) >= 11 is 13.6. The number of nitrogens with two attached hydrogens (primary N) is 1. The summed E-state index contributed by atoms with van der Waals surface area (Å²) in [7, 11) is 0. The van der Waals surface area contributed by atoms with Gasteiger partial charge in [-0.3, -0.25) is 0 Å². The van der Waals surface area contributed by atoms with Gasteiger partial charge < -0.3 is 15.3 Å². The highest BCUT2D eigenvalue weighted by Crippen LogP contribution is 2.33. The lowest BCUT2D eigenvalue weighted by molar-refractivity contribution is -0.178. The molecule has 1 heterocycles. The fourth-order valence-electron chi connectivity index (χ4n) is 3.62. The minimum Gasteiger partial charge on any atom is -0.456 e. The van der Waals surface area contributed by atoms with Crippen LogP contribution in [0.4, 0.5) is 9.18 Å². The lowest BCUT2D eigenvalue weighted by Crippen LogP contribution is -2.43. The Labute approximate surface area is 245 Å². The normalized spacial score (nSPS) is 11.2.